The summed E-state index contributed by atoms with van der Waals surface area (Å²) < 4.78 is 0. The zero-order chi connectivity index (χ0) is 24.9. The van der Waals surface area contributed by atoms with Gasteiger partial charge in [-0.15, -0.1) is 0 Å². The number of primary amides is 1. The van der Waals surface area contributed by atoms with Crippen molar-refractivity contribution in [3.05, 3.63) is 0 Å². The Kier molecular flexibility index (Phi) is 19.2. The van der Waals surface area contributed by atoms with Crippen LogP contribution in [0.5, 0.6) is 0 Å². The van der Waals surface area contributed by atoms with Gasteiger partial charge in [0.1, 0.15) is 5.92 Å². The number of amides is 1. The number of hydrogen-bond donors (Lipinski definition) is 4. The van der Waals surface area contributed by atoms with Gasteiger partial charge in [-0.1, -0.05) is 89.9 Å². The summed E-state index contributed by atoms with van der Waals surface area (Å²) in [7, 11) is 0. The second kappa shape index (κ2) is 20.5. The van der Waals surface area contributed by atoms with E-state index in [1.54, 1.807) is 0 Å². The van der Waals surface area contributed by atoms with E-state index in [9.17, 15) is 24.3 Å². The molecule has 0 aromatic heterocycles. The number of carbonyl (C=O) groups excluding carboxylic acids is 1. The first-order valence-corrected chi connectivity index (χ1v) is 12.7. The van der Waals surface area contributed by atoms with Crippen molar-refractivity contribution in [3.8, 4) is 0 Å². The number of carbonyl (C=O) groups is 4. The molecule has 0 spiro atoms. The minimum atomic E-state index is -1.15. The zero-order valence-corrected chi connectivity index (χ0v) is 20.1. The van der Waals surface area contributed by atoms with Crippen molar-refractivity contribution < 1.29 is 34.5 Å². The van der Waals surface area contributed by atoms with Crippen molar-refractivity contribution >= 4 is 23.8 Å². The highest BCUT2D eigenvalue weighted by Gasteiger charge is 2.22. The van der Waals surface area contributed by atoms with Gasteiger partial charge in [0, 0.05) is 6.42 Å². The predicted octanol–water partition coefficient (Wildman–Crippen LogP) is 5.37. The third kappa shape index (κ3) is 19.1. The van der Waals surface area contributed by atoms with E-state index in [0.717, 1.165) is 103 Å². The molecule has 0 aliphatic carbocycles. The normalized spacial score (nSPS) is 12.8. The van der Waals surface area contributed by atoms with E-state index in [4.69, 9.17) is 15.9 Å². The maximum atomic E-state index is 11.5. The highest BCUT2D eigenvalue weighted by Crippen LogP contribution is 2.20. The number of aliphatic carboxylic acids is 3. The molecule has 2 atom stereocenters. The van der Waals surface area contributed by atoms with Gasteiger partial charge in [0.05, 0.1) is 5.92 Å². The third-order valence-electron chi connectivity index (χ3n) is 6.23. The van der Waals surface area contributed by atoms with Crippen molar-refractivity contribution in [2.75, 3.05) is 0 Å². The summed E-state index contributed by atoms with van der Waals surface area (Å²) in [6, 6.07) is 0. The third-order valence-corrected chi connectivity index (χ3v) is 6.23. The van der Waals surface area contributed by atoms with Crippen LogP contribution in [-0.2, 0) is 19.2 Å². The number of carboxylic acids is 3. The van der Waals surface area contributed by atoms with Crippen molar-refractivity contribution in [1.29, 1.82) is 0 Å². The van der Waals surface area contributed by atoms with Gasteiger partial charge in [0.2, 0.25) is 5.91 Å². The molecule has 8 nitrogen and oxygen atoms in total. The summed E-state index contributed by atoms with van der Waals surface area (Å²) in [4.78, 5) is 43.9. The van der Waals surface area contributed by atoms with Gasteiger partial charge < -0.3 is 21.1 Å². The standard InChI is InChI=1S/C25H45NO7/c26-23(29)21(25(32)33)18-14-10-6-3-5-9-13-17-20(24(30)31)16-12-8-4-1-2-7-11-15-19-22(27)28/h20-21H,1-19H2,(H2,26,29)(H,27,28)(H,30,31)(H,32,33). The highest BCUT2D eigenvalue weighted by molar-refractivity contribution is 5.95. The van der Waals surface area contributed by atoms with Crippen molar-refractivity contribution in [3.63, 3.8) is 0 Å². The van der Waals surface area contributed by atoms with E-state index in [0.29, 0.717) is 6.42 Å². The Hall–Kier alpha value is -2.12. The van der Waals surface area contributed by atoms with Crippen LogP contribution in [0, 0.1) is 11.8 Å². The molecule has 0 aliphatic heterocycles. The van der Waals surface area contributed by atoms with Crippen molar-refractivity contribution in [2.24, 2.45) is 17.6 Å². The number of rotatable bonds is 24. The smallest absolute Gasteiger partial charge is 0.316 e. The molecular weight excluding hydrogens is 426 g/mol. The number of carboxylic acid groups (broad SMARTS) is 3. The van der Waals surface area contributed by atoms with E-state index in [1.807, 2.05) is 0 Å². The van der Waals surface area contributed by atoms with E-state index in [-0.39, 0.29) is 18.8 Å². The number of unbranched alkanes of at least 4 members (excludes halogenated alkanes) is 13. The Bertz CT molecular complexity index is 551. The van der Waals surface area contributed by atoms with Gasteiger partial charge in [-0.2, -0.15) is 0 Å². The van der Waals surface area contributed by atoms with Crippen LogP contribution >= 0.6 is 0 Å². The molecule has 0 aromatic carbocycles. The van der Waals surface area contributed by atoms with Gasteiger partial charge in [0.15, 0.2) is 0 Å². The molecule has 33 heavy (non-hydrogen) atoms. The lowest BCUT2D eigenvalue weighted by Gasteiger charge is -2.12. The number of hydrogen-bond acceptors (Lipinski definition) is 4. The van der Waals surface area contributed by atoms with E-state index < -0.39 is 29.7 Å². The lowest BCUT2D eigenvalue weighted by atomic mass is 9.94. The van der Waals surface area contributed by atoms with Crippen LogP contribution in [0.4, 0.5) is 0 Å². The zero-order valence-electron chi connectivity index (χ0n) is 20.1. The Labute approximate surface area is 198 Å². The molecule has 1 amide bonds. The maximum absolute atomic E-state index is 11.5. The van der Waals surface area contributed by atoms with Gasteiger partial charge in [0.25, 0.3) is 0 Å². The minimum Gasteiger partial charge on any atom is -0.481 e. The van der Waals surface area contributed by atoms with Gasteiger partial charge in [-0.3, -0.25) is 19.2 Å². The monoisotopic (exact) mass is 471 g/mol. The number of nitrogens with two attached hydrogens (primary N) is 1. The molecule has 5 N–H and O–H groups in total. The van der Waals surface area contributed by atoms with Crippen LogP contribution in [0.3, 0.4) is 0 Å². The quantitative estimate of drug-likeness (QED) is 0.109. The minimum absolute atomic E-state index is 0.254. The lowest BCUT2D eigenvalue weighted by Crippen LogP contribution is -2.30. The van der Waals surface area contributed by atoms with Crippen LogP contribution < -0.4 is 5.73 Å². The van der Waals surface area contributed by atoms with Crippen LogP contribution in [-0.4, -0.2) is 39.1 Å². The Balaban J connectivity index is 3.63. The van der Waals surface area contributed by atoms with Crippen LogP contribution in [0.25, 0.3) is 0 Å². The Morgan fingerprint density at radius 2 is 0.879 bits per heavy atom. The second-order valence-corrected chi connectivity index (χ2v) is 9.14. The summed E-state index contributed by atoms with van der Waals surface area (Å²) in [6.07, 6.45) is 16.6. The SMILES string of the molecule is NC(=O)C(CCCCCCCCCC(CCCCCCCCCCC(=O)O)C(=O)O)C(=O)O. The predicted molar refractivity (Wildman–Crippen MR) is 127 cm³/mol. The summed E-state index contributed by atoms with van der Waals surface area (Å²) in [5, 5.41) is 26.9. The summed E-state index contributed by atoms with van der Waals surface area (Å²) in [5.74, 6) is -4.71. The molecule has 0 aliphatic rings. The van der Waals surface area contributed by atoms with E-state index in [2.05, 4.69) is 0 Å². The molecule has 0 fully saturated rings. The molecule has 192 valence electrons. The summed E-state index contributed by atoms with van der Waals surface area (Å²) in [6.45, 7) is 0. The average molecular weight is 472 g/mol. The molecule has 0 saturated carbocycles. The Morgan fingerprint density at radius 1 is 0.515 bits per heavy atom. The molecule has 0 rings (SSSR count). The fraction of sp³-hybridized carbons (Fsp3) is 0.840. The molecule has 0 saturated heterocycles. The first-order valence-electron chi connectivity index (χ1n) is 12.7. The van der Waals surface area contributed by atoms with Crippen LogP contribution in [0.2, 0.25) is 0 Å². The van der Waals surface area contributed by atoms with E-state index >= 15 is 0 Å². The lowest BCUT2D eigenvalue weighted by molar-refractivity contribution is -0.146. The van der Waals surface area contributed by atoms with E-state index in [1.165, 1.54) is 0 Å². The van der Waals surface area contributed by atoms with Crippen LogP contribution in [0.15, 0.2) is 0 Å². The molecule has 0 heterocycles. The molecular formula is C25H45NO7. The van der Waals surface area contributed by atoms with Crippen LogP contribution in [0.1, 0.15) is 122 Å². The molecule has 2 unspecified atom stereocenters. The topological polar surface area (TPSA) is 155 Å². The van der Waals surface area contributed by atoms with Gasteiger partial charge in [-0.05, 0) is 25.7 Å². The summed E-state index contributed by atoms with van der Waals surface area (Å²) in [5.41, 5.74) is 5.08. The fourth-order valence-electron chi connectivity index (χ4n) is 4.13. The largest absolute Gasteiger partial charge is 0.481 e. The second-order valence-electron chi connectivity index (χ2n) is 9.14. The Morgan fingerprint density at radius 3 is 1.21 bits per heavy atom. The fourth-order valence-corrected chi connectivity index (χ4v) is 4.13. The van der Waals surface area contributed by atoms with Crippen molar-refractivity contribution in [1.82, 2.24) is 0 Å². The molecule has 8 heteroatoms. The summed E-state index contributed by atoms with van der Waals surface area (Å²) >= 11 is 0. The average Bonchev–Trinajstić information content (AvgIpc) is 2.73. The van der Waals surface area contributed by atoms with Gasteiger partial charge >= 0.3 is 17.9 Å². The van der Waals surface area contributed by atoms with Crippen molar-refractivity contribution in [2.45, 2.75) is 122 Å². The maximum Gasteiger partial charge on any atom is 0.316 e. The van der Waals surface area contributed by atoms with Gasteiger partial charge in [-0.25, -0.2) is 0 Å². The molecule has 0 aromatic rings. The molecule has 0 radical (unpaired) electrons. The molecule has 0 bridgehead atoms. The highest BCUT2D eigenvalue weighted by atomic mass is 16.4. The first-order chi connectivity index (χ1) is 15.8. The first kappa shape index (κ1) is 30.9.